The molecule has 2 aromatic rings. The van der Waals surface area contributed by atoms with Crippen molar-refractivity contribution in [3.05, 3.63) is 34.1 Å². The zero-order valence-corrected chi connectivity index (χ0v) is 9.18. The van der Waals surface area contributed by atoms with E-state index in [0.29, 0.717) is 0 Å². The van der Waals surface area contributed by atoms with Gasteiger partial charge >= 0.3 is 0 Å². The average molecular weight is 207 g/mol. The molecule has 2 nitrogen and oxygen atoms in total. The largest absolute Gasteiger partial charge is 0.233 e. The SMILES string of the molecule is Cc1ccc2c(Cl)c(C)c(C)nc2n1. The van der Waals surface area contributed by atoms with Crippen LogP contribution in [-0.2, 0) is 0 Å². The second kappa shape index (κ2) is 3.21. The lowest BCUT2D eigenvalue weighted by molar-refractivity contribution is 1.14. The Morgan fingerprint density at radius 1 is 1.07 bits per heavy atom. The maximum atomic E-state index is 6.20. The quantitative estimate of drug-likeness (QED) is 0.662. The Morgan fingerprint density at radius 2 is 1.79 bits per heavy atom. The highest BCUT2D eigenvalue weighted by Crippen LogP contribution is 2.26. The van der Waals surface area contributed by atoms with Crippen LogP contribution in [0.5, 0.6) is 0 Å². The van der Waals surface area contributed by atoms with Crippen molar-refractivity contribution in [1.29, 1.82) is 0 Å². The van der Waals surface area contributed by atoms with Gasteiger partial charge in [-0.1, -0.05) is 11.6 Å². The molecule has 2 heterocycles. The molecule has 0 aliphatic rings. The maximum Gasteiger partial charge on any atom is 0.161 e. The van der Waals surface area contributed by atoms with Crippen LogP contribution in [0, 0.1) is 20.8 Å². The molecule has 0 saturated heterocycles. The topological polar surface area (TPSA) is 25.8 Å². The molecule has 0 bridgehead atoms. The van der Waals surface area contributed by atoms with Crippen molar-refractivity contribution in [2.24, 2.45) is 0 Å². The number of nitrogens with zero attached hydrogens (tertiary/aromatic N) is 2. The normalized spacial score (nSPS) is 10.9. The molecular weight excluding hydrogens is 196 g/mol. The van der Waals surface area contributed by atoms with Gasteiger partial charge in [0.15, 0.2) is 5.65 Å². The van der Waals surface area contributed by atoms with Crippen LogP contribution >= 0.6 is 11.6 Å². The molecule has 72 valence electrons. The third-order valence-electron chi connectivity index (χ3n) is 2.40. The van der Waals surface area contributed by atoms with Crippen LogP contribution in [0.1, 0.15) is 17.0 Å². The third-order valence-corrected chi connectivity index (χ3v) is 2.88. The smallest absolute Gasteiger partial charge is 0.161 e. The van der Waals surface area contributed by atoms with Crippen LogP contribution in [0.3, 0.4) is 0 Å². The fourth-order valence-electron chi connectivity index (χ4n) is 1.40. The lowest BCUT2D eigenvalue weighted by Gasteiger charge is -2.06. The zero-order chi connectivity index (χ0) is 10.3. The fraction of sp³-hybridized carbons (Fsp3) is 0.273. The lowest BCUT2D eigenvalue weighted by Crippen LogP contribution is -1.93. The van der Waals surface area contributed by atoms with Crippen LogP contribution in [0.2, 0.25) is 5.02 Å². The van der Waals surface area contributed by atoms with Crippen molar-refractivity contribution >= 4 is 22.6 Å². The summed E-state index contributed by atoms with van der Waals surface area (Å²) in [5.74, 6) is 0. The monoisotopic (exact) mass is 206 g/mol. The standard InChI is InChI=1S/C11H11ClN2/c1-6-4-5-9-10(12)7(2)8(3)14-11(9)13-6/h4-5H,1-3H3. The van der Waals surface area contributed by atoms with Crippen molar-refractivity contribution in [2.75, 3.05) is 0 Å². The van der Waals surface area contributed by atoms with Gasteiger partial charge in [-0.25, -0.2) is 9.97 Å². The second-order valence-corrected chi connectivity index (χ2v) is 3.84. The van der Waals surface area contributed by atoms with E-state index in [2.05, 4.69) is 9.97 Å². The molecule has 0 amide bonds. The molecule has 0 radical (unpaired) electrons. The molecule has 0 atom stereocenters. The van der Waals surface area contributed by atoms with Gasteiger partial charge < -0.3 is 0 Å². The first-order valence-electron chi connectivity index (χ1n) is 4.49. The highest BCUT2D eigenvalue weighted by Gasteiger charge is 2.07. The number of hydrogen-bond donors (Lipinski definition) is 0. The summed E-state index contributed by atoms with van der Waals surface area (Å²) < 4.78 is 0. The van der Waals surface area contributed by atoms with Crippen LogP contribution < -0.4 is 0 Å². The summed E-state index contributed by atoms with van der Waals surface area (Å²) in [5.41, 5.74) is 3.67. The Kier molecular flexibility index (Phi) is 2.16. The summed E-state index contributed by atoms with van der Waals surface area (Å²) in [7, 11) is 0. The average Bonchev–Trinajstić information content (AvgIpc) is 2.14. The molecule has 0 saturated carbocycles. The molecule has 0 aliphatic heterocycles. The van der Waals surface area contributed by atoms with Gasteiger partial charge in [0, 0.05) is 16.8 Å². The van der Waals surface area contributed by atoms with Crippen LogP contribution in [-0.4, -0.2) is 9.97 Å². The number of pyridine rings is 2. The van der Waals surface area contributed by atoms with E-state index < -0.39 is 0 Å². The van der Waals surface area contributed by atoms with Crippen molar-refractivity contribution in [3.8, 4) is 0 Å². The van der Waals surface area contributed by atoms with Crippen LogP contribution in [0.4, 0.5) is 0 Å². The number of aromatic nitrogens is 2. The van der Waals surface area contributed by atoms with E-state index in [1.54, 1.807) is 0 Å². The molecule has 0 spiro atoms. The molecule has 2 aromatic heterocycles. The van der Waals surface area contributed by atoms with Crippen LogP contribution in [0.15, 0.2) is 12.1 Å². The van der Waals surface area contributed by atoms with E-state index in [-0.39, 0.29) is 0 Å². The number of rotatable bonds is 0. The predicted octanol–water partition coefficient (Wildman–Crippen LogP) is 3.21. The van der Waals surface area contributed by atoms with E-state index in [1.807, 2.05) is 32.9 Å². The molecule has 3 heteroatoms. The van der Waals surface area contributed by atoms with Gasteiger partial charge in [0.2, 0.25) is 0 Å². The summed E-state index contributed by atoms with van der Waals surface area (Å²) >= 11 is 6.20. The molecule has 0 unspecified atom stereocenters. The Hall–Kier alpha value is -1.15. The maximum absolute atomic E-state index is 6.20. The highest BCUT2D eigenvalue weighted by molar-refractivity contribution is 6.36. The number of halogens is 1. The van der Waals surface area contributed by atoms with E-state index >= 15 is 0 Å². The predicted molar refractivity (Wildman–Crippen MR) is 58.8 cm³/mol. The molecule has 2 rings (SSSR count). The van der Waals surface area contributed by atoms with Crippen molar-refractivity contribution < 1.29 is 0 Å². The Bertz CT molecular complexity index is 506. The van der Waals surface area contributed by atoms with E-state index in [4.69, 9.17) is 11.6 Å². The minimum absolute atomic E-state index is 0.734. The first-order valence-corrected chi connectivity index (χ1v) is 4.87. The molecule has 0 fully saturated rings. The zero-order valence-electron chi connectivity index (χ0n) is 8.43. The van der Waals surface area contributed by atoms with Gasteiger partial charge in [-0.05, 0) is 38.5 Å². The van der Waals surface area contributed by atoms with E-state index in [0.717, 1.165) is 33.0 Å². The summed E-state index contributed by atoms with van der Waals surface area (Å²) in [6.07, 6.45) is 0. The molecule has 0 aromatic carbocycles. The van der Waals surface area contributed by atoms with Gasteiger partial charge in [-0.15, -0.1) is 0 Å². The first-order chi connectivity index (χ1) is 6.59. The summed E-state index contributed by atoms with van der Waals surface area (Å²) in [4.78, 5) is 8.74. The highest BCUT2D eigenvalue weighted by atomic mass is 35.5. The molecular formula is C11H11ClN2. The number of hydrogen-bond acceptors (Lipinski definition) is 2. The second-order valence-electron chi connectivity index (χ2n) is 3.46. The van der Waals surface area contributed by atoms with Gasteiger partial charge in [-0.2, -0.15) is 0 Å². The Morgan fingerprint density at radius 3 is 2.50 bits per heavy atom. The molecule has 14 heavy (non-hydrogen) atoms. The van der Waals surface area contributed by atoms with E-state index in [9.17, 15) is 0 Å². The van der Waals surface area contributed by atoms with E-state index in [1.165, 1.54) is 0 Å². The summed E-state index contributed by atoms with van der Waals surface area (Å²) in [6, 6.07) is 3.92. The van der Waals surface area contributed by atoms with Gasteiger partial charge in [0.25, 0.3) is 0 Å². The molecule has 0 N–H and O–H groups in total. The minimum atomic E-state index is 0.734. The van der Waals surface area contributed by atoms with Crippen LogP contribution in [0.25, 0.3) is 11.0 Å². The fourth-order valence-corrected chi connectivity index (χ4v) is 1.69. The Balaban J connectivity index is 2.91. The van der Waals surface area contributed by atoms with Crippen molar-refractivity contribution in [3.63, 3.8) is 0 Å². The minimum Gasteiger partial charge on any atom is -0.233 e. The third kappa shape index (κ3) is 1.36. The van der Waals surface area contributed by atoms with Gasteiger partial charge in [0.1, 0.15) is 0 Å². The Labute approximate surface area is 88.0 Å². The first kappa shape index (κ1) is 9.41. The number of fused-ring (bicyclic) bond motifs is 1. The lowest BCUT2D eigenvalue weighted by atomic mass is 10.1. The summed E-state index contributed by atoms with van der Waals surface area (Å²) in [6.45, 7) is 5.87. The van der Waals surface area contributed by atoms with Crippen molar-refractivity contribution in [1.82, 2.24) is 9.97 Å². The van der Waals surface area contributed by atoms with Gasteiger partial charge in [-0.3, -0.25) is 0 Å². The summed E-state index contributed by atoms with van der Waals surface area (Å²) in [5, 5.41) is 1.69. The number of aryl methyl sites for hydroxylation is 2. The molecule has 0 aliphatic carbocycles. The van der Waals surface area contributed by atoms with Crippen molar-refractivity contribution in [2.45, 2.75) is 20.8 Å². The van der Waals surface area contributed by atoms with Gasteiger partial charge in [0.05, 0.1) is 5.02 Å².